The van der Waals surface area contributed by atoms with Gasteiger partial charge in [-0.2, -0.15) is 0 Å². The molecule has 0 aliphatic heterocycles. The molecule has 0 saturated carbocycles. The Kier molecular flexibility index (Phi) is 4.36. The lowest BCUT2D eigenvalue weighted by atomic mass is 10.1. The van der Waals surface area contributed by atoms with E-state index in [2.05, 4.69) is 5.32 Å². The van der Waals surface area contributed by atoms with Crippen molar-refractivity contribution in [3.8, 4) is 5.75 Å². The Labute approximate surface area is 135 Å². The summed E-state index contributed by atoms with van der Waals surface area (Å²) >= 11 is 0. The van der Waals surface area contributed by atoms with Crippen LogP contribution in [0.25, 0.3) is 10.9 Å². The van der Waals surface area contributed by atoms with Gasteiger partial charge in [-0.15, -0.1) is 0 Å². The molecule has 24 heavy (non-hydrogen) atoms. The van der Waals surface area contributed by atoms with Crippen molar-refractivity contribution >= 4 is 28.3 Å². The Morgan fingerprint density at radius 3 is 2.54 bits per heavy atom. The molecule has 0 spiro atoms. The van der Waals surface area contributed by atoms with Crippen LogP contribution in [-0.4, -0.2) is 32.3 Å². The summed E-state index contributed by atoms with van der Waals surface area (Å²) in [4.78, 5) is 46.0. The van der Waals surface area contributed by atoms with Gasteiger partial charge in [0.05, 0.1) is 16.5 Å². The lowest BCUT2D eigenvalue weighted by Crippen LogP contribution is -2.40. The summed E-state index contributed by atoms with van der Waals surface area (Å²) in [5.74, 6) is -1.79. The third-order valence-electron chi connectivity index (χ3n) is 3.75. The number of fused-ring (bicyclic) bond motifs is 1. The largest absolute Gasteiger partial charge is 0.506 e. The molecule has 1 atom stereocenters. The van der Waals surface area contributed by atoms with Crippen LogP contribution in [0.5, 0.6) is 5.75 Å². The number of carbonyl (C=O) groups is 2. The number of benzene rings is 1. The zero-order chi connectivity index (χ0) is 18.2. The quantitative estimate of drug-likeness (QED) is 0.630. The van der Waals surface area contributed by atoms with E-state index in [1.54, 1.807) is 0 Å². The Balaban J connectivity index is 2.67. The zero-order valence-corrected chi connectivity index (χ0v) is 13.2. The fourth-order valence-electron chi connectivity index (χ4n) is 2.20. The normalized spacial score (nSPS) is 12.0. The van der Waals surface area contributed by atoms with E-state index in [-0.39, 0.29) is 22.4 Å². The van der Waals surface area contributed by atoms with Gasteiger partial charge in [0.25, 0.3) is 17.2 Å². The average Bonchev–Trinajstić information content (AvgIpc) is 2.52. The van der Waals surface area contributed by atoms with Crippen LogP contribution in [0.1, 0.15) is 24.2 Å². The minimum absolute atomic E-state index is 0.114. The van der Waals surface area contributed by atoms with Crippen molar-refractivity contribution in [2.45, 2.75) is 19.9 Å². The first-order chi connectivity index (χ1) is 11.1. The molecule has 2 rings (SSSR count). The highest BCUT2D eigenvalue weighted by atomic mass is 16.6. The molecular weight excluding hydrogens is 318 g/mol. The van der Waals surface area contributed by atoms with Crippen molar-refractivity contribution in [2.24, 2.45) is 7.05 Å². The number of non-ortho nitro benzene ring substituents is 1. The molecule has 1 amide bonds. The second kappa shape index (κ2) is 6.11. The number of nitro benzene ring substituents is 1. The van der Waals surface area contributed by atoms with E-state index in [9.17, 15) is 29.6 Å². The zero-order valence-electron chi connectivity index (χ0n) is 13.2. The number of nitrogens with zero attached hydrogens (tertiary/aromatic N) is 2. The highest BCUT2D eigenvalue weighted by Gasteiger charge is 2.24. The van der Waals surface area contributed by atoms with Gasteiger partial charge < -0.3 is 15.0 Å². The molecule has 0 unspecified atom stereocenters. The summed E-state index contributed by atoms with van der Waals surface area (Å²) in [6, 6.07) is 2.73. The van der Waals surface area contributed by atoms with Gasteiger partial charge in [0, 0.05) is 24.6 Å². The van der Waals surface area contributed by atoms with Crippen LogP contribution in [0.4, 0.5) is 5.69 Å². The molecule has 1 aromatic heterocycles. The van der Waals surface area contributed by atoms with E-state index in [4.69, 9.17) is 0 Å². The van der Waals surface area contributed by atoms with Gasteiger partial charge >= 0.3 is 0 Å². The number of rotatable bonds is 4. The summed E-state index contributed by atoms with van der Waals surface area (Å²) in [5, 5.41) is 23.6. The van der Waals surface area contributed by atoms with Crippen LogP contribution in [-0.2, 0) is 11.8 Å². The molecule has 2 N–H and O–H groups in total. The van der Waals surface area contributed by atoms with E-state index in [0.29, 0.717) is 0 Å². The predicted octanol–water partition coefficient (Wildman–Crippen LogP) is 0.860. The van der Waals surface area contributed by atoms with Crippen molar-refractivity contribution in [1.82, 2.24) is 9.88 Å². The molecule has 9 nitrogen and oxygen atoms in total. The Hall–Kier alpha value is -3.23. The van der Waals surface area contributed by atoms with Gasteiger partial charge in [-0.25, -0.2) is 0 Å². The van der Waals surface area contributed by atoms with Gasteiger partial charge in [0.15, 0.2) is 5.78 Å². The van der Waals surface area contributed by atoms with Crippen LogP contribution < -0.4 is 10.9 Å². The molecular formula is C15H15N3O6. The summed E-state index contributed by atoms with van der Waals surface area (Å²) in [6.07, 6.45) is 0. The number of nitrogens with one attached hydrogen (secondary N) is 1. The number of aromatic hydroxyl groups is 1. The number of hydrogen-bond acceptors (Lipinski definition) is 6. The molecule has 1 aromatic carbocycles. The number of nitro groups is 1. The minimum Gasteiger partial charge on any atom is -0.506 e. The lowest BCUT2D eigenvalue weighted by Gasteiger charge is -2.14. The predicted molar refractivity (Wildman–Crippen MR) is 85.1 cm³/mol. The molecule has 9 heteroatoms. The number of aromatic nitrogens is 1. The third kappa shape index (κ3) is 2.83. The second-order valence-electron chi connectivity index (χ2n) is 5.35. The first kappa shape index (κ1) is 17.1. The molecule has 1 heterocycles. The highest BCUT2D eigenvalue weighted by molar-refractivity contribution is 6.04. The van der Waals surface area contributed by atoms with Gasteiger partial charge in [-0.1, -0.05) is 0 Å². The topological polar surface area (TPSA) is 132 Å². The van der Waals surface area contributed by atoms with Crippen molar-refractivity contribution in [3.05, 3.63) is 44.2 Å². The molecule has 0 bridgehead atoms. The number of Topliss-reactive ketones (excluding diaryl/α,β-unsaturated/α-hetero) is 1. The Morgan fingerprint density at radius 1 is 1.38 bits per heavy atom. The van der Waals surface area contributed by atoms with E-state index >= 15 is 0 Å². The molecule has 126 valence electrons. The van der Waals surface area contributed by atoms with Crippen LogP contribution in [0.2, 0.25) is 0 Å². The molecule has 0 saturated heterocycles. The van der Waals surface area contributed by atoms with E-state index in [1.807, 2.05) is 0 Å². The molecule has 0 aliphatic rings. The molecule has 0 aliphatic carbocycles. The van der Waals surface area contributed by atoms with Gasteiger partial charge in [-0.05, 0) is 19.9 Å². The van der Waals surface area contributed by atoms with Crippen LogP contribution in [0, 0.1) is 10.1 Å². The third-order valence-corrected chi connectivity index (χ3v) is 3.75. The standard InChI is InChI=1S/C15H15N3O6/c1-7(8(2)19)16-14(21)12-13(20)10-5-4-9(18(23)24)6-11(10)17(3)15(12)22/h4-7,20H,1-3H3,(H,16,21)/t7-/m0/s1. The Morgan fingerprint density at radius 2 is 2.00 bits per heavy atom. The molecule has 0 radical (unpaired) electrons. The summed E-state index contributed by atoms with van der Waals surface area (Å²) < 4.78 is 1.04. The molecule has 2 aromatic rings. The van der Waals surface area contributed by atoms with E-state index < -0.39 is 33.7 Å². The minimum atomic E-state index is -0.893. The summed E-state index contributed by atoms with van der Waals surface area (Å²) in [7, 11) is 1.33. The maximum atomic E-state index is 12.4. The monoisotopic (exact) mass is 333 g/mol. The van der Waals surface area contributed by atoms with E-state index in [1.165, 1.54) is 27.0 Å². The first-order valence-electron chi connectivity index (χ1n) is 6.96. The van der Waals surface area contributed by atoms with Gasteiger partial charge in [0.2, 0.25) is 0 Å². The second-order valence-corrected chi connectivity index (χ2v) is 5.35. The van der Waals surface area contributed by atoms with E-state index in [0.717, 1.165) is 16.7 Å². The number of pyridine rings is 1. The smallest absolute Gasteiger partial charge is 0.271 e. The highest BCUT2D eigenvalue weighted by Crippen LogP contribution is 2.28. The fourth-order valence-corrected chi connectivity index (χ4v) is 2.20. The SMILES string of the molecule is CC(=O)[C@H](C)NC(=O)c1c(O)c2ccc([N+](=O)[O-])cc2n(C)c1=O. The average molecular weight is 333 g/mol. The number of aryl methyl sites for hydroxylation is 1. The number of hydrogen-bond donors (Lipinski definition) is 2. The number of carbonyl (C=O) groups excluding carboxylic acids is 2. The van der Waals surface area contributed by atoms with Crippen LogP contribution >= 0.6 is 0 Å². The summed E-state index contributed by atoms with van der Waals surface area (Å²) in [5.41, 5.74) is -1.48. The summed E-state index contributed by atoms with van der Waals surface area (Å²) in [6.45, 7) is 2.73. The van der Waals surface area contributed by atoms with Crippen molar-refractivity contribution < 1.29 is 19.6 Å². The molecule has 0 fully saturated rings. The van der Waals surface area contributed by atoms with Crippen molar-refractivity contribution in [1.29, 1.82) is 0 Å². The lowest BCUT2D eigenvalue weighted by molar-refractivity contribution is -0.384. The maximum absolute atomic E-state index is 12.4. The number of amides is 1. The maximum Gasteiger partial charge on any atom is 0.271 e. The van der Waals surface area contributed by atoms with Crippen molar-refractivity contribution in [3.63, 3.8) is 0 Å². The first-order valence-corrected chi connectivity index (χ1v) is 6.96. The van der Waals surface area contributed by atoms with Crippen LogP contribution in [0.3, 0.4) is 0 Å². The van der Waals surface area contributed by atoms with Gasteiger partial charge in [-0.3, -0.25) is 24.5 Å². The fraction of sp³-hybridized carbons (Fsp3) is 0.267. The number of ketones is 1. The van der Waals surface area contributed by atoms with Crippen molar-refractivity contribution in [2.75, 3.05) is 0 Å². The van der Waals surface area contributed by atoms with Crippen LogP contribution in [0.15, 0.2) is 23.0 Å². The Bertz CT molecular complexity index is 931. The van der Waals surface area contributed by atoms with Gasteiger partial charge in [0.1, 0.15) is 11.3 Å².